The lowest BCUT2D eigenvalue weighted by Crippen LogP contribution is -2.41. The monoisotopic (exact) mass is 451 g/mol. The molecule has 7 heteroatoms. The highest BCUT2D eigenvalue weighted by Crippen LogP contribution is 2.31. The molecule has 0 spiro atoms. The van der Waals surface area contributed by atoms with Crippen LogP contribution in [-0.4, -0.2) is 67.7 Å². The van der Waals surface area contributed by atoms with Gasteiger partial charge in [0.1, 0.15) is 0 Å². The van der Waals surface area contributed by atoms with E-state index in [1.807, 2.05) is 6.20 Å². The van der Waals surface area contributed by atoms with Crippen LogP contribution in [0.2, 0.25) is 0 Å². The second-order valence-electron chi connectivity index (χ2n) is 9.71. The van der Waals surface area contributed by atoms with Crippen molar-refractivity contribution in [2.75, 3.05) is 61.2 Å². The maximum absolute atomic E-state index is 4.80. The van der Waals surface area contributed by atoms with Gasteiger partial charge in [0.2, 0.25) is 5.95 Å². The molecule has 1 aromatic carbocycles. The summed E-state index contributed by atoms with van der Waals surface area (Å²) in [4.78, 5) is 16.6. The van der Waals surface area contributed by atoms with Crippen molar-refractivity contribution in [3.8, 4) is 0 Å². The number of piperidine rings is 1. The standard InChI is InChI=1S/C26H41N7/c1-5-27-26-29-19-24(32(4)22-8-6-7-9-22)25(30-26)28-18-20-10-12-23(13-11-20)33-16-14-21(15-17-33)31(2)3/h10-13,19,21-22H,5-9,14-18H2,1-4H3,(H2,27,28,29,30). The summed E-state index contributed by atoms with van der Waals surface area (Å²) in [5, 5.41) is 6.84. The van der Waals surface area contributed by atoms with E-state index in [1.54, 1.807) is 0 Å². The van der Waals surface area contributed by atoms with Crippen LogP contribution in [0.5, 0.6) is 0 Å². The van der Waals surface area contributed by atoms with Crippen molar-refractivity contribution in [3.05, 3.63) is 36.0 Å². The summed E-state index contributed by atoms with van der Waals surface area (Å²) < 4.78 is 0. The highest BCUT2D eigenvalue weighted by atomic mass is 15.2. The fourth-order valence-electron chi connectivity index (χ4n) is 5.15. The topological polar surface area (TPSA) is 59.6 Å². The van der Waals surface area contributed by atoms with Crippen LogP contribution in [0, 0.1) is 0 Å². The molecule has 7 nitrogen and oxygen atoms in total. The van der Waals surface area contributed by atoms with Crippen molar-refractivity contribution in [2.45, 2.75) is 64.1 Å². The Bertz CT molecular complexity index is 869. The largest absolute Gasteiger partial charge is 0.371 e. The third-order valence-corrected chi connectivity index (χ3v) is 7.31. The van der Waals surface area contributed by atoms with Crippen molar-refractivity contribution < 1.29 is 0 Å². The Kier molecular flexibility index (Phi) is 7.91. The lowest BCUT2D eigenvalue weighted by Gasteiger charge is -2.36. The molecule has 33 heavy (non-hydrogen) atoms. The maximum Gasteiger partial charge on any atom is 0.224 e. The molecule has 0 radical (unpaired) electrons. The first-order valence-corrected chi connectivity index (χ1v) is 12.6. The minimum absolute atomic E-state index is 0.579. The Hall–Kier alpha value is -2.54. The summed E-state index contributed by atoms with van der Waals surface area (Å²) in [7, 11) is 6.57. The van der Waals surface area contributed by atoms with Crippen molar-refractivity contribution in [1.29, 1.82) is 0 Å². The summed E-state index contributed by atoms with van der Waals surface area (Å²) in [5.41, 5.74) is 3.68. The molecule has 0 atom stereocenters. The molecule has 0 amide bonds. The molecule has 1 saturated heterocycles. The van der Waals surface area contributed by atoms with Gasteiger partial charge in [0.05, 0.1) is 11.9 Å². The number of aromatic nitrogens is 2. The minimum Gasteiger partial charge on any atom is -0.371 e. The smallest absolute Gasteiger partial charge is 0.224 e. The molecule has 0 unspecified atom stereocenters. The average Bonchev–Trinajstić information content (AvgIpc) is 3.38. The number of hydrogen-bond donors (Lipinski definition) is 2. The molecular formula is C26H41N7. The van der Waals surface area contributed by atoms with Crippen LogP contribution in [0.4, 0.5) is 23.1 Å². The van der Waals surface area contributed by atoms with E-state index in [0.29, 0.717) is 18.0 Å². The molecule has 2 N–H and O–H groups in total. The lowest BCUT2D eigenvalue weighted by molar-refractivity contribution is 0.249. The Morgan fingerprint density at radius 3 is 2.27 bits per heavy atom. The molecule has 1 aromatic heterocycles. The van der Waals surface area contributed by atoms with Crippen LogP contribution in [0.1, 0.15) is 51.0 Å². The highest BCUT2D eigenvalue weighted by Gasteiger charge is 2.23. The van der Waals surface area contributed by atoms with E-state index in [2.05, 4.69) is 82.6 Å². The summed E-state index contributed by atoms with van der Waals surface area (Å²) >= 11 is 0. The van der Waals surface area contributed by atoms with Gasteiger partial charge in [-0.3, -0.25) is 0 Å². The molecule has 1 aliphatic carbocycles. The SMILES string of the molecule is CCNc1ncc(N(C)C2CCCC2)c(NCc2ccc(N3CCC(N(C)C)CC3)cc2)n1. The van der Waals surface area contributed by atoms with Crippen molar-refractivity contribution >= 4 is 23.1 Å². The Balaban J connectivity index is 1.41. The first-order chi connectivity index (χ1) is 16.0. The van der Waals surface area contributed by atoms with Crippen LogP contribution in [0.3, 0.4) is 0 Å². The second kappa shape index (κ2) is 11.1. The van der Waals surface area contributed by atoms with E-state index in [9.17, 15) is 0 Å². The number of hydrogen-bond acceptors (Lipinski definition) is 7. The fourth-order valence-corrected chi connectivity index (χ4v) is 5.15. The number of anilines is 4. The van der Waals surface area contributed by atoms with E-state index >= 15 is 0 Å². The van der Waals surface area contributed by atoms with Crippen LogP contribution >= 0.6 is 0 Å². The van der Waals surface area contributed by atoms with Gasteiger partial charge in [-0.2, -0.15) is 4.98 Å². The molecule has 2 aliphatic rings. The van der Waals surface area contributed by atoms with E-state index in [1.165, 1.54) is 49.8 Å². The molecule has 0 bridgehead atoms. The number of rotatable bonds is 9. The quantitative estimate of drug-likeness (QED) is 0.585. The van der Waals surface area contributed by atoms with E-state index in [-0.39, 0.29) is 0 Å². The van der Waals surface area contributed by atoms with E-state index < -0.39 is 0 Å². The van der Waals surface area contributed by atoms with Crippen LogP contribution in [0.25, 0.3) is 0 Å². The van der Waals surface area contributed by atoms with E-state index in [0.717, 1.165) is 37.7 Å². The predicted octanol–water partition coefficient (Wildman–Crippen LogP) is 4.43. The lowest BCUT2D eigenvalue weighted by atomic mass is 10.0. The van der Waals surface area contributed by atoms with Crippen LogP contribution in [0.15, 0.2) is 30.5 Å². The van der Waals surface area contributed by atoms with Crippen molar-refractivity contribution in [3.63, 3.8) is 0 Å². The number of nitrogens with one attached hydrogen (secondary N) is 2. The highest BCUT2D eigenvalue weighted by molar-refractivity contribution is 5.66. The molecule has 4 rings (SSSR count). The zero-order valence-electron chi connectivity index (χ0n) is 20.8. The van der Waals surface area contributed by atoms with Gasteiger partial charge in [0, 0.05) is 51.0 Å². The zero-order chi connectivity index (χ0) is 23.2. The third-order valence-electron chi connectivity index (χ3n) is 7.31. The molecule has 1 saturated carbocycles. The molecule has 2 fully saturated rings. The van der Waals surface area contributed by atoms with Crippen LogP contribution in [-0.2, 0) is 6.54 Å². The molecule has 2 aromatic rings. The summed E-state index contributed by atoms with van der Waals surface area (Å²) in [5.74, 6) is 1.59. The molecule has 1 aliphatic heterocycles. The van der Waals surface area contributed by atoms with Gasteiger partial charge in [-0.15, -0.1) is 0 Å². The average molecular weight is 452 g/mol. The predicted molar refractivity (Wildman–Crippen MR) is 140 cm³/mol. The number of benzene rings is 1. The Morgan fingerprint density at radius 1 is 0.939 bits per heavy atom. The van der Waals surface area contributed by atoms with Gasteiger partial charge in [-0.25, -0.2) is 4.98 Å². The van der Waals surface area contributed by atoms with Gasteiger partial charge in [0.25, 0.3) is 0 Å². The van der Waals surface area contributed by atoms with Gasteiger partial charge in [-0.1, -0.05) is 25.0 Å². The van der Waals surface area contributed by atoms with Crippen molar-refractivity contribution in [1.82, 2.24) is 14.9 Å². The maximum atomic E-state index is 4.80. The zero-order valence-corrected chi connectivity index (χ0v) is 20.8. The van der Waals surface area contributed by atoms with Gasteiger partial charge >= 0.3 is 0 Å². The second-order valence-corrected chi connectivity index (χ2v) is 9.71. The third kappa shape index (κ3) is 5.88. The summed E-state index contributed by atoms with van der Waals surface area (Å²) in [6.07, 6.45) is 9.55. The van der Waals surface area contributed by atoms with Crippen LogP contribution < -0.4 is 20.4 Å². The van der Waals surface area contributed by atoms with Crippen molar-refractivity contribution in [2.24, 2.45) is 0 Å². The van der Waals surface area contributed by atoms with Gasteiger partial charge < -0.3 is 25.3 Å². The van der Waals surface area contributed by atoms with Gasteiger partial charge in [0.15, 0.2) is 5.82 Å². The normalized spacial score (nSPS) is 17.5. The first-order valence-electron chi connectivity index (χ1n) is 12.6. The van der Waals surface area contributed by atoms with E-state index in [4.69, 9.17) is 4.98 Å². The summed E-state index contributed by atoms with van der Waals surface area (Å²) in [6.45, 7) is 5.89. The molecular weight excluding hydrogens is 410 g/mol. The molecule has 2 heterocycles. The van der Waals surface area contributed by atoms with Gasteiger partial charge in [-0.05, 0) is 64.4 Å². The Labute approximate surface area is 199 Å². The fraction of sp³-hybridized carbons (Fsp3) is 0.615. The summed E-state index contributed by atoms with van der Waals surface area (Å²) in [6, 6.07) is 10.3. The Morgan fingerprint density at radius 2 is 1.64 bits per heavy atom. The molecule has 180 valence electrons. The number of nitrogens with zero attached hydrogens (tertiary/aromatic N) is 5. The first kappa shape index (κ1) is 23.6. The minimum atomic E-state index is 0.579.